The molecular formula is C22H20N2O6S2. The van der Waals surface area contributed by atoms with E-state index in [1.807, 2.05) is 24.3 Å². The first-order valence-electron chi connectivity index (χ1n) is 10.5. The van der Waals surface area contributed by atoms with Crippen LogP contribution in [0.1, 0.15) is 22.8 Å². The molecule has 2 aromatic rings. The number of aromatic amines is 1. The molecule has 7 atom stereocenters. The van der Waals surface area contributed by atoms with E-state index in [-0.39, 0.29) is 45.6 Å². The molecule has 2 N–H and O–H groups in total. The number of nitrogens with one attached hydrogen (secondary N) is 1. The minimum Gasteiger partial charge on any atom is -0.496 e. The second-order valence-corrected chi connectivity index (χ2v) is 11.1. The van der Waals surface area contributed by atoms with Gasteiger partial charge < -0.3 is 14.8 Å². The smallest absolute Gasteiger partial charge is 0.323 e. The number of carboxylic acids is 1. The number of carbonyl (C=O) groups excluding carboxylic acids is 2. The first-order valence-corrected chi connectivity index (χ1v) is 12.2. The van der Waals surface area contributed by atoms with Crippen molar-refractivity contribution in [3.8, 4) is 5.75 Å². The normalized spacial score (nSPS) is 34.4. The number of aromatic nitrogens is 1. The summed E-state index contributed by atoms with van der Waals surface area (Å²) in [5.41, 5.74) is 0.977. The van der Waals surface area contributed by atoms with Crippen molar-refractivity contribution in [1.29, 1.82) is 0 Å². The third-order valence-corrected chi connectivity index (χ3v) is 10.2. The SMILES string of the molecule is COc1ccccc1[C@@H]1c2sc(=O)[nH]c2S[C@@H]2[C@H]3C[C@@H]([C@@H]4C(=O)N(CC(=O)O)C(=O)[C@@H]34)[C@H]12. The number of aliphatic carboxylic acids is 1. The van der Waals surface area contributed by atoms with Gasteiger partial charge in [-0.15, -0.1) is 11.8 Å². The van der Waals surface area contributed by atoms with Gasteiger partial charge in [0.05, 0.1) is 24.0 Å². The molecule has 2 saturated carbocycles. The Balaban J connectivity index is 1.47. The molecule has 3 fully saturated rings. The molecule has 0 spiro atoms. The Bertz CT molecular complexity index is 1220. The number of hydrogen-bond donors (Lipinski definition) is 2. The van der Waals surface area contributed by atoms with Crippen LogP contribution in [0.2, 0.25) is 0 Å². The maximum atomic E-state index is 13.2. The van der Waals surface area contributed by atoms with E-state index >= 15 is 0 Å². The Morgan fingerprint density at radius 1 is 1.19 bits per heavy atom. The van der Waals surface area contributed by atoms with Gasteiger partial charge in [0, 0.05) is 21.6 Å². The minimum atomic E-state index is -1.18. The standard InChI is InChI=1S/C22H20N2O6S2/c1-30-11-5-3-2-4-8(11)13-14-9-6-10(17(14)31-19-18(13)32-22(29)23-19)16-15(9)20(27)24(21(16)28)7-12(25)26/h2-5,9-10,13-17H,6-7H2,1H3,(H,23,29)(H,25,26)/t9-,10+,13+,14-,15+,16+,17-/m1/s1. The van der Waals surface area contributed by atoms with Gasteiger partial charge >= 0.3 is 10.8 Å². The van der Waals surface area contributed by atoms with Crippen LogP contribution >= 0.6 is 23.1 Å². The van der Waals surface area contributed by atoms with E-state index in [1.54, 1.807) is 18.9 Å². The zero-order chi connectivity index (χ0) is 22.3. The fourth-order valence-corrected chi connectivity index (χ4v) is 9.52. The summed E-state index contributed by atoms with van der Waals surface area (Å²) in [6.45, 7) is -0.580. The first kappa shape index (κ1) is 20.0. The molecule has 8 nitrogen and oxygen atoms in total. The van der Waals surface area contributed by atoms with Gasteiger partial charge in [0.25, 0.3) is 0 Å². The van der Waals surface area contributed by atoms with Crippen LogP contribution in [0.5, 0.6) is 5.75 Å². The van der Waals surface area contributed by atoms with Gasteiger partial charge in [-0.1, -0.05) is 29.5 Å². The Hall–Kier alpha value is -2.59. The van der Waals surface area contributed by atoms with Gasteiger partial charge in [-0.25, -0.2) is 0 Å². The van der Waals surface area contributed by atoms with Crippen molar-refractivity contribution in [3.05, 3.63) is 44.4 Å². The molecule has 1 aromatic carbocycles. The number of benzene rings is 1. The summed E-state index contributed by atoms with van der Waals surface area (Å²) >= 11 is 2.80. The molecule has 2 aliphatic carbocycles. The van der Waals surface area contributed by atoms with Gasteiger partial charge in [0.15, 0.2) is 0 Å². The number of methoxy groups -OCH3 is 1. The van der Waals surface area contributed by atoms with E-state index < -0.39 is 24.3 Å². The number of para-hydroxylation sites is 1. The molecule has 6 rings (SSSR count). The van der Waals surface area contributed by atoms with E-state index in [0.717, 1.165) is 32.5 Å². The lowest BCUT2D eigenvalue weighted by atomic mass is 9.68. The summed E-state index contributed by atoms with van der Waals surface area (Å²) in [5, 5.41) is 10.1. The topological polar surface area (TPSA) is 117 Å². The van der Waals surface area contributed by atoms with Gasteiger partial charge in [0.1, 0.15) is 12.3 Å². The molecule has 2 bridgehead atoms. The Morgan fingerprint density at radius 2 is 1.91 bits per heavy atom. The zero-order valence-electron chi connectivity index (χ0n) is 17.0. The predicted molar refractivity (Wildman–Crippen MR) is 116 cm³/mol. The molecule has 4 aliphatic rings. The number of H-pyrrole nitrogens is 1. The number of carboxylic acid groups (broad SMARTS) is 1. The molecule has 10 heteroatoms. The molecule has 166 valence electrons. The fraction of sp³-hybridized carbons (Fsp3) is 0.455. The lowest BCUT2D eigenvalue weighted by Crippen LogP contribution is -2.42. The number of carbonyl (C=O) groups is 3. The molecule has 1 aromatic heterocycles. The van der Waals surface area contributed by atoms with Crippen molar-refractivity contribution in [2.24, 2.45) is 29.6 Å². The Kier molecular flexibility index (Phi) is 4.36. The van der Waals surface area contributed by atoms with Crippen LogP contribution in [0.4, 0.5) is 0 Å². The highest BCUT2D eigenvalue weighted by Gasteiger charge is 2.69. The number of fused-ring (bicyclic) bond motifs is 9. The van der Waals surface area contributed by atoms with E-state index in [4.69, 9.17) is 4.74 Å². The number of amides is 2. The average Bonchev–Trinajstić information content (AvgIpc) is 3.49. The number of nitrogens with zero attached hydrogens (tertiary/aromatic N) is 1. The third kappa shape index (κ3) is 2.56. The number of thiazole rings is 1. The van der Waals surface area contributed by atoms with Gasteiger partial charge in [-0.3, -0.25) is 24.1 Å². The fourth-order valence-electron chi connectivity index (χ4n) is 6.64. The van der Waals surface area contributed by atoms with Crippen LogP contribution in [0.15, 0.2) is 34.1 Å². The number of likely N-dealkylation sites (tertiary alicyclic amines) is 1. The maximum absolute atomic E-state index is 13.2. The van der Waals surface area contributed by atoms with Crippen molar-refractivity contribution in [2.45, 2.75) is 22.6 Å². The number of rotatable bonds is 4. The minimum absolute atomic E-state index is 0.0241. The van der Waals surface area contributed by atoms with Crippen molar-refractivity contribution in [1.82, 2.24) is 9.88 Å². The number of thioether (sulfide) groups is 1. The number of ether oxygens (including phenoxy) is 1. The van der Waals surface area contributed by atoms with Crippen molar-refractivity contribution in [2.75, 3.05) is 13.7 Å². The molecule has 2 aliphatic heterocycles. The van der Waals surface area contributed by atoms with E-state index in [1.165, 1.54) is 11.3 Å². The summed E-state index contributed by atoms with van der Waals surface area (Å²) in [5.74, 6) is -2.24. The summed E-state index contributed by atoms with van der Waals surface area (Å²) in [6.07, 6.45) is 0.765. The molecule has 0 unspecified atom stereocenters. The van der Waals surface area contributed by atoms with Gasteiger partial charge in [0.2, 0.25) is 11.8 Å². The summed E-state index contributed by atoms with van der Waals surface area (Å²) < 4.78 is 5.65. The lowest BCUT2D eigenvalue weighted by molar-refractivity contribution is -0.149. The van der Waals surface area contributed by atoms with Crippen molar-refractivity contribution >= 4 is 40.9 Å². The monoisotopic (exact) mass is 472 g/mol. The summed E-state index contributed by atoms with van der Waals surface area (Å²) in [7, 11) is 1.62. The van der Waals surface area contributed by atoms with E-state index in [9.17, 15) is 24.3 Å². The highest BCUT2D eigenvalue weighted by Crippen LogP contribution is 2.68. The Labute approximate surface area is 191 Å². The average molecular weight is 473 g/mol. The molecule has 2 amide bonds. The Morgan fingerprint density at radius 3 is 2.62 bits per heavy atom. The largest absolute Gasteiger partial charge is 0.496 e. The lowest BCUT2D eigenvalue weighted by Gasteiger charge is -2.43. The highest BCUT2D eigenvalue weighted by molar-refractivity contribution is 8.00. The molecule has 32 heavy (non-hydrogen) atoms. The van der Waals surface area contributed by atoms with E-state index in [0.29, 0.717) is 0 Å². The van der Waals surface area contributed by atoms with Gasteiger partial charge in [-0.05, 0) is 30.2 Å². The van der Waals surface area contributed by atoms with Crippen LogP contribution < -0.4 is 9.61 Å². The summed E-state index contributed by atoms with van der Waals surface area (Å²) in [4.78, 5) is 54.5. The van der Waals surface area contributed by atoms with Crippen LogP contribution in [0.3, 0.4) is 0 Å². The molecule has 0 radical (unpaired) electrons. The number of hydrogen-bond acceptors (Lipinski definition) is 7. The molecule has 3 heterocycles. The summed E-state index contributed by atoms with van der Waals surface area (Å²) in [6, 6.07) is 7.75. The third-order valence-electron chi connectivity index (χ3n) is 7.58. The second-order valence-electron chi connectivity index (χ2n) is 8.86. The van der Waals surface area contributed by atoms with Crippen LogP contribution in [0, 0.1) is 29.6 Å². The highest BCUT2D eigenvalue weighted by atomic mass is 32.2. The zero-order valence-corrected chi connectivity index (χ0v) is 18.7. The molecule has 1 saturated heterocycles. The van der Waals surface area contributed by atoms with Crippen LogP contribution in [0.25, 0.3) is 0 Å². The number of imide groups is 1. The maximum Gasteiger partial charge on any atom is 0.323 e. The van der Waals surface area contributed by atoms with Crippen molar-refractivity contribution < 1.29 is 24.2 Å². The predicted octanol–water partition coefficient (Wildman–Crippen LogP) is 2.00. The van der Waals surface area contributed by atoms with Gasteiger partial charge in [-0.2, -0.15) is 0 Å². The molecular weight excluding hydrogens is 452 g/mol. The van der Waals surface area contributed by atoms with Crippen LogP contribution in [-0.2, 0) is 14.4 Å². The second kappa shape index (κ2) is 6.95. The van der Waals surface area contributed by atoms with Crippen LogP contribution in [-0.4, -0.2) is 51.7 Å². The van der Waals surface area contributed by atoms with E-state index in [2.05, 4.69) is 4.98 Å². The van der Waals surface area contributed by atoms with Crippen molar-refractivity contribution in [3.63, 3.8) is 0 Å². The quantitative estimate of drug-likeness (QED) is 0.654. The first-order chi connectivity index (χ1) is 15.4.